The molecule has 0 radical (unpaired) electrons. The van der Waals surface area contributed by atoms with E-state index < -0.39 is 0 Å². The molecule has 3 aliphatic carbocycles. The van der Waals surface area contributed by atoms with Crippen LogP contribution in [0.1, 0.15) is 184 Å². The van der Waals surface area contributed by atoms with E-state index in [1.54, 1.807) is 0 Å². The molecule has 0 bridgehead atoms. The maximum atomic E-state index is 13.6. The van der Waals surface area contributed by atoms with Crippen molar-refractivity contribution >= 4 is 11.9 Å². The van der Waals surface area contributed by atoms with Gasteiger partial charge >= 0.3 is 11.9 Å². The van der Waals surface area contributed by atoms with Crippen LogP contribution in [0.2, 0.25) is 0 Å². The first-order chi connectivity index (χ1) is 21.8. The van der Waals surface area contributed by atoms with Gasteiger partial charge < -0.3 is 9.47 Å². The molecule has 0 heterocycles. The number of hydrogen-bond donors (Lipinski definition) is 0. The SMILES string of the molecule is CCCC1CCC(COC(=O)C2CCCCC2C(=O)OCC2CCC(CCC)CC2CCCC(C)(C)C)C(CCCC(C)(C)C)C1. The molecular weight excluding hydrogens is 568 g/mol. The monoisotopic (exact) mass is 645 g/mol. The third-order valence-electron chi connectivity index (χ3n) is 12.1. The first kappa shape index (κ1) is 39.4. The fraction of sp³-hybridized carbons (Fsp3) is 0.952. The molecule has 0 saturated heterocycles. The van der Waals surface area contributed by atoms with Gasteiger partial charge in [-0.15, -0.1) is 0 Å². The molecule has 268 valence electrons. The molecule has 0 aromatic rings. The van der Waals surface area contributed by atoms with Crippen molar-refractivity contribution in [2.24, 2.45) is 58.2 Å². The molecular formula is C42H76O4. The van der Waals surface area contributed by atoms with Crippen molar-refractivity contribution in [2.75, 3.05) is 13.2 Å². The van der Waals surface area contributed by atoms with Gasteiger partial charge in [-0.3, -0.25) is 9.59 Å². The summed E-state index contributed by atoms with van der Waals surface area (Å²) in [5.41, 5.74) is 0.733. The molecule has 8 unspecified atom stereocenters. The Labute approximate surface area is 285 Å². The molecule has 3 fully saturated rings. The molecule has 0 aliphatic heterocycles. The summed E-state index contributed by atoms with van der Waals surface area (Å²) in [4.78, 5) is 27.2. The summed E-state index contributed by atoms with van der Waals surface area (Å²) in [6.07, 6.45) is 23.6. The normalized spacial score (nSPS) is 31.0. The minimum atomic E-state index is -0.333. The number of hydrogen-bond acceptors (Lipinski definition) is 4. The summed E-state index contributed by atoms with van der Waals surface area (Å²) in [7, 11) is 0. The van der Waals surface area contributed by atoms with E-state index >= 15 is 0 Å². The maximum absolute atomic E-state index is 13.6. The number of carbonyl (C=O) groups is 2. The Balaban J connectivity index is 1.54. The molecule has 4 nitrogen and oxygen atoms in total. The summed E-state index contributed by atoms with van der Waals surface area (Å²) in [5.74, 6) is 2.94. The Morgan fingerprint density at radius 2 is 0.935 bits per heavy atom. The number of esters is 2. The zero-order valence-corrected chi connectivity index (χ0v) is 31.8. The summed E-state index contributed by atoms with van der Waals surface area (Å²) in [6, 6.07) is 0. The van der Waals surface area contributed by atoms with Gasteiger partial charge in [0, 0.05) is 0 Å². The van der Waals surface area contributed by atoms with Gasteiger partial charge in [0.15, 0.2) is 0 Å². The Morgan fingerprint density at radius 1 is 0.543 bits per heavy atom. The van der Waals surface area contributed by atoms with Crippen LogP contribution in [0, 0.1) is 58.2 Å². The molecule has 46 heavy (non-hydrogen) atoms. The molecule has 0 aromatic heterocycles. The second-order valence-corrected chi connectivity index (χ2v) is 18.6. The van der Waals surface area contributed by atoms with Crippen molar-refractivity contribution in [3.05, 3.63) is 0 Å². The Bertz CT molecular complexity index is 809. The zero-order valence-electron chi connectivity index (χ0n) is 31.8. The number of carbonyl (C=O) groups excluding carboxylic acids is 2. The Morgan fingerprint density at radius 3 is 1.28 bits per heavy atom. The molecule has 4 heteroatoms. The quantitative estimate of drug-likeness (QED) is 0.157. The molecule has 0 N–H and O–H groups in total. The average Bonchev–Trinajstić information content (AvgIpc) is 2.99. The van der Waals surface area contributed by atoms with Gasteiger partial charge in [-0.25, -0.2) is 0 Å². The highest BCUT2D eigenvalue weighted by molar-refractivity contribution is 5.82. The van der Waals surface area contributed by atoms with E-state index in [9.17, 15) is 9.59 Å². The lowest BCUT2D eigenvalue weighted by Gasteiger charge is -2.37. The molecule has 0 amide bonds. The lowest BCUT2D eigenvalue weighted by Crippen LogP contribution is -2.38. The van der Waals surface area contributed by atoms with Crippen LogP contribution in [0.15, 0.2) is 0 Å². The molecule has 3 saturated carbocycles. The van der Waals surface area contributed by atoms with Crippen molar-refractivity contribution in [3.8, 4) is 0 Å². The fourth-order valence-electron chi connectivity index (χ4n) is 9.41. The molecule has 0 aromatic carbocycles. The summed E-state index contributed by atoms with van der Waals surface area (Å²) < 4.78 is 12.3. The predicted octanol–water partition coefficient (Wildman–Crippen LogP) is 12.0. The minimum Gasteiger partial charge on any atom is -0.465 e. The largest absolute Gasteiger partial charge is 0.465 e. The Kier molecular flexibility index (Phi) is 16.4. The van der Waals surface area contributed by atoms with Crippen LogP contribution in [0.5, 0.6) is 0 Å². The van der Waals surface area contributed by atoms with Crippen LogP contribution >= 0.6 is 0 Å². The van der Waals surface area contributed by atoms with Crippen molar-refractivity contribution in [1.82, 2.24) is 0 Å². The lowest BCUT2D eigenvalue weighted by molar-refractivity contribution is -0.165. The van der Waals surface area contributed by atoms with Crippen molar-refractivity contribution in [3.63, 3.8) is 0 Å². The van der Waals surface area contributed by atoms with Gasteiger partial charge in [-0.05, 0) is 97.7 Å². The highest BCUT2D eigenvalue weighted by atomic mass is 16.5. The van der Waals surface area contributed by atoms with Gasteiger partial charge in [0.25, 0.3) is 0 Å². The fourth-order valence-corrected chi connectivity index (χ4v) is 9.41. The van der Waals surface area contributed by atoms with Gasteiger partial charge in [-0.1, -0.05) is 132 Å². The standard InChI is InChI=1S/C42H76O4/c1-9-15-31-21-23-35(33(27-31)17-13-25-41(3,4)5)29-45-39(43)37-19-11-12-20-38(37)40(44)46-30-36-24-22-32(16-10-2)28-34(36)18-14-26-42(6,7)8/h31-38H,9-30H2,1-8H3. The van der Waals surface area contributed by atoms with Crippen LogP contribution in [0.4, 0.5) is 0 Å². The molecule has 3 rings (SSSR count). The number of ether oxygens (including phenoxy) is 2. The van der Waals surface area contributed by atoms with E-state index in [0.29, 0.717) is 47.7 Å². The van der Waals surface area contributed by atoms with E-state index in [1.807, 2.05) is 0 Å². The third-order valence-corrected chi connectivity index (χ3v) is 12.1. The van der Waals surface area contributed by atoms with E-state index in [4.69, 9.17) is 9.47 Å². The van der Waals surface area contributed by atoms with Gasteiger partial charge in [0.05, 0.1) is 25.0 Å². The van der Waals surface area contributed by atoms with Gasteiger partial charge in [0.1, 0.15) is 0 Å². The topological polar surface area (TPSA) is 52.6 Å². The second kappa shape index (κ2) is 19.2. The smallest absolute Gasteiger partial charge is 0.309 e. The summed E-state index contributed by atoms with van der Waals surface area (Å²) in [6.45, 7) is 19.7. The van der Waals surface area contributed by atoms with Gasteiger partial charge in [-0.2, -0.15) is 0 Å². The third kappa shape index (κ3) is 13.8. The minimum absolute atomic E-state index is 0.133. The number of rotatable bonds is 16. The average molecular weight is 645 g/mol. The van der Waals surface area contributed by atoms with Gasteiger partial charge in [0.2, 0.25) is 0 Å². The van der Waals surface area contributed by atoms with Crippen LogP contribution in [0.3, 0.4) is 0 Å². The van der Waals surface area contributed by atoms with E-state index in [0.717, 1.165) is 37.5 Å². The van der Waals surface area contributed by atoms with E-state index in [-0.39, 0.29) is 23.8 Å². The van der Waals surface area contributed by atoms with Crippen LogP contribution in [-0.2, 0) is 19.1 Å². The van der Waals surface area contributed by atoms with Crippen molar-refractivity contribution in [1.29, 1.82) is 0 Å². The van der Waals surface area contributed by atoms with Crippen LogP contribution in [-0.4, -0.2) is 25.2 Å². The summed E-state index contributed by atoms with van der Waals surface area (Å²) >= 11 is 0. The highest BCUT2D eigenvalue weighted by Gasteiger charge is 2.40. The highest BCUT2D eigenvalue weighted by Crippen LogP contribution is 2.42. The second-order valence-electron chi connectivity index (χ2n) is 18.6. The maximum Gasteiger partial charge on any atom is 0.309 e. The Hall–Kier alpha value is -1.06. The van der Waals surface area contributed by atoms with Crippen LogP contribution < -0.4 is 0 Å². The van der Waals surface area contributed by atoms with E-state index in [1.165, 1.54) is 103 Å². The van der Waals surface area contributed by atoms with Crippen LogP contribution in [0.25, 0.3) is 0 Å². The van der Waals surface area contributed by atoms with Crippen molar-refractivity contribution < 1.29 is 19.1 Å². The predicted molar refractivity (Wildman–Crippen MR) is 192 cm³/mol. The summed E-state index contributed by atoms with van der Waals surface area (Å²) in [5, 5.41) is 0. The molecule has 0 spiro atoms. The first-order valence-electron chi connectivity index (χ1n) is 20.1. The molecule has 3 aliphatic rings. The van der Waals surface area contributed by atoms with E-state index in [2.05, 4.69) is 55.4 Å². The first-order valence-corrected chi connectivity index (χ1v) is 20.1. The molecule has 8 atom stereocenters. The van der Waals surface area contributed by atoms with Crippen molar-refractivity contribution in [2.45, 2.75) is 184 Å². The lowest BCUT2D eigenvalue weighted by atomic mass is 9.70. The zero-order chi connectivity index (χ0) is 33.7.